The number of aryl methyl sites for hydroxylation is 1. The van der Waals surface area contributed by atoms with Gasteiger partial charge in [0.15, 0.2) is 0 Å². The predicted octanol–water partition coefficient (Wildman–Crippen LogP) is 2.86. The van der Waals surface area contributed by atoms with Gasteiger partial charge in [-0.2, -0.15) is 0 Å². The second-order valence-electron chi connectivity index (χ2n) is 5.67. The average molecular weight is 351 g/mol. The summed E-state index contributed by atoms with van der Waals surface area (Å²) in [7, 11) is 0. The third kappa shape index (κ3) is 4.60. The van der Waals surface area contributed by atoms with Gasteiger partial charge < -0.3 is 10.6 Å². The van der Waals surface area contributed by atoms with E-state index in [1.54, 1.807) is 37.4 Å². The van der Waals surface area contributed by atoms with Crippen LogP contribution in [0.4, 0.5) is 10.3 Å². The first kappa shape index (κ1) is 17.5. The van der Waals surface area contributed by atoms with Crippen molar-refractivity contribution in [1.29, 1.82) is 0 Å². The molecule has 1 amide bonds. The molecule has 0 aliphatic carbocycles. The first-order chi connectivity index (χ1) is 12.6. The quantitative estimate of drug-likeness (QED) is 0.714. The standard InChI is InChI=1S/C19H18FN5O/c1-13-10-17(18(26)22-11-14-6-2-3-8-16(14)20)25-19(24-13)23-12-15-7-4-5-9-21-15/h2-10H,11-12H2,1H3,(H,22,26)(H,23,24,25). The van der Waals surface area contributed by atoms with E-state index in [-0.39, 0.29) is 24.0 Å². The van der Waals surface area contributed by atoms with E-state index in [0.717, 1.165) is 5.69 Å². The van der Waals surface area contributed by atoms with E-state index in [9.17, 15) is 9.18 Å². The number of nitrogens with zero attached hydrogens (tertiary/aromatic N) is 3. The lowest BCUT2D eigenvalue weighted by Gasteiger charge is -2.09. The molecule has 0 unspecified atom stereocenters. The van der Waals surface area contributed by atoms with Crippen LogP contribution in [0.3, 0.4) is 0 Å². The van der Waals surface area contributed by atoms with Crippen molar-refractivity contribution in [2.24, 2.45) is 0 Å². The van der Waals surface area contributed by atoms with Crippen LogP contribution in [0.5, 0.6) is 0 Å². The average Bonchev–Trinajstić information content (AvgIpc) is 2.66. The summed E-state index contributed by atoms with van der Waals surface area (Å²) in [4.78, 5) is 25.1. The zero-order chi connectivity index (χ0) is 18.4. The predicted molar refractivity (Wildman–Crippen MR) is 95.9 cm³/mol. The Balaban J connectivity index is 1.66. The van der Waals surface area contributed by atoms with Crippen LogP contribution in [-0.4, -0.2) is 20.9 Å². The van der Waals surface area contributed by atoms with Gasteiger partial charge in [-0.3, -0.25) is 9.78 Å². The summed E-state index contributed by atoms with van der Waals surface area (Å²) in [5, 5.41) is 5.73. The topological polar surface area (TPSA) is 79.8 Å². The van der Waals surface area contributed by atoms with Gasteiger partial charge in [-0.1, -0.05) is 24.3 Å². The first-order valence-electron chi connectivity index (χ1n) is 8.13. The van der Waals surface area contributed by atoms with Crippen LogP contribution in [-0.2, 0) is 13.1 Å². The van der Waals surface area contributed by atoms with Gasteiger partial charge in [0.05, 0.1) is 12.2 Å². The van der Waals surface area contributed by atoms with Crippen molar-refractivity contribution in [3.8, 4) is 0 Å². The molecule has 0 bridgehead atoms. The third-order valence-electron chi connectivity index (χ3n) is 3.64. The third-order valence-corrected chi connectivity index (χ3v) is 3.64. The molecule has 6 nitrogen and oxygen atoms in total. The van der Waals surface area contributed by atoms with E-state index in [1.165, 1.54) is 6.07 Å². The Morgan fingerprint density at radius 1 is 1.08 bits per heavy atom. The molecule has 2 heterocycles. The Bertz CT molecular complexity index is 901. The molecule has 0 aliphatic heterocycles. The summed E-state index contributed by atoms with van der Waals surface area (Å²) in [5.41, 5.74) is 2.13. The van der Waals surface area contributed by atoms with Crippen LogP contribution in [0.1, 0.15) is 27.4 Å². The highest BCUT2D eigenvalue weighted by atomic mass is 19.1. The van der Waals surface area contributed by atoms with Gasteiger partial charge in [0.1, 0.15) is 11.5 Å². The number of amides is 1. The van der Waals surface area contributed by atoms with Gasteiger partial charge in [0.2, 0.25) is 5.95 Å². The smallest absolute Gasteiger partial charge is 0.270 e. The largest absolute Gasteiger partial charge is 0.349 e. The number of anilines is 1. The highest BCUT2D eigenvalue weighted by Crippen LogP contribution is 2.09. The molecule has 3 aromatic rings. The number of aromatic nitrogens is 3. The number of pyridine rings is 1. The van der Waals surface area contributed by atoms with E-state index in [0.29, 0.717) is 23.8 Å². The van der Waals surface area contributed by atoms with Crippen LogP contribution < -0.4 is 10.6 Å². The van der Waals surface area contributed by atoms with Crippen molar-refractivity contribution < 1.29 is 9.18 Å². The highest BCUT2D eigenvalue weighted by Gasteiger charge is 2.11. The van der Waals surface area contributed by atoms with Crippen molar-refractivity contribution in [2.75, 3.05) is 5.32 Å². The van der Waals surface area contributed by atoms with Crippen LogP contribution in [0.2, 0.25) is 0 Å². The lowest BCUT2D eigenvalue weighted by Crippen LogP contribution is -2.25. The molecule has 0 radical (unpaired) electrons. The number of carbonyl (C=O) groups is 1. The molecular formula is C19H18FN5O. The molecule has 0 saturated carbocycles. The lowest BCUT2D eigenvalue weighted by atomic mass is 10.2. The number of nitrogens with one attached hydrogen (secondary N) is 2. The highest BCUT2D eigenvalue weighted by molar-refractivity contribution is 5.92. The number of hydrogen-bond acceptors (Lipinski definition) is 5. The van der Waals surface area contributed by atoms with E-state index in [1.807, 2.05) is 18.2 Å². The summed E-state index contributed by atoms with van der Waals surface area (Å²) in [6.07, 6.45) is 1.70. The Hall–Kier alpha value is -3.35. The van der Waals surface area contributed by atoms with Crippen LogP contribution in [0.25, 0.3) is 0 Å². The van der Waals surface area contributed by atoms with Crippen molar-refractivity contribution in [3.63, 3.8) is 0 Å². The maximum atomic E-state index is 13.6. The Morgan fingerprint density at radius 2 is 1.88 bits per heavy atom. The molecule has 132 valence electrons. The second kappa shape index (κ2) is 8.15. The molecule has 7 heteroatoms. The minimum absolute atomic E-state index is 0.0885. The summed E-state index contributed by atoms with van der Waals surface area (Å²) < 4.78 is 13.6. The molecule has 0 aliphatic rings. The zero-order valence-electron chi connectivity index (χ0n) is 14.2. The Kier molecular flexibility index (Phi) is 5.48. The molecule has 0 fully saturated rings. The van der Waals surface area contributed by atoms with Gasteiger partial charge in [0, 0.05) is 24.0 Å². The number of carbonyl (C=O) groups excluding carboxylic acids is 1. The first-order valence-corrected chi connectivity index (χ1v) is 8.13. The zero-order valence-corrected chi connectivity index (χ0v) is 14.2. The van der Waals surface area contributed by atoms with Crippen LogP contribution in [0.15, 0.2) is 54.7 Å². The molecule has 1 aromatic carbocycles. The summed E-state index contributed by atoms with van der Waals surface area (Å²) >= 11 is 0. The van der Waals surface area contributed by atoms with Crippen molar-refractivity contribution in [3.05, 3.63) is 83.2 Å². The normalized spacial score (nSPS) is 10.4. The Morgan fingerprint density at radius 3 is 2.65 bits per heavy atom. The fraction of sp³-hybridized carbons (Fsp3) is 0.158. The molecule has 2 aromatic heterocycles. The molecule has 2 N–H and O–H groups in total. The molecular weight excluding hydrogens is 333 g/mol. The Labute approximate surface area is 150 Å². The number of hydrogen-bond donors (Lipinski definition) is 2. The van der Waals surface area contributed by atoms with Crippen molar-refractivity contribution >= 4 is 11.9 Å². The van der Waals surface area contributed by atoms with Crippen molar-refractivity contribution in [2.45, 2.75) is 20.0 Å². The minimum atomic E-state index is -0.389. The lowest BCUT2D eigenvalue weighted by molar-refractivity contribution is 0.0945. The summed E-state index contributed by atoms with van der Waals surface area (Å²) in [6, 6.07) is 13.5. The van der Waals surface area contributed by atoms with Gasteiger partial charge in [-0.25, -0.2) is 14.4 Å². The van der Waals surface area contributed by atoms with Gasteiger partial charge >= 0.3 is 0 Å². The molecule has 0 atom stereocenters. The number of benzene rings is 1. The molecule has 0 spiro atoms. The van der Waals surface area contributed by atoms with E-state index >= 15 is 0 Å². The van der Waals surface area contributed by atoms with E-state index in [4.69, 9.17) is 0 Å². The monoisotopic (exact) mass is 351 g/mol. The molecule has 0 saturated heterocycles. The molecule has 26 heavy (non-hydrogen) atoms. The summed E-state index contributed by atoms with van der Waals surface area (Å²) in [6.45, 7) is 2.31. The van der Waals surface area contributed by atoms with Gasteiger partial charge in [-0.15, -0.1) is 0 Å². The number of halogens is 1. The molecule has 3 rings (SSSR count). The SMILES string of the molecule is Cc1cc(C(=O)NCc2ccccc2F)nc(NCc2ccccn2)n1. The van der Waals surface area contributed by atoms with Gasteiger partial charge in [0.25, 0.3) is 5.91 Å². The van der Waals surface area contributed by atoms with Crippen molar-refractivity contribution in [1.82, 2.24) is 20.3 Å². The second-order valence-corrected chi connectivity index (χ2v) is 5.67. The summed E-state index contributed by atoms with van der Waals surface area (Å²) in [5.74, 6) is -0.407. The van der Waals surface area contributed by atoms with Crippen LogP contribution >= 0.6 is 0 Å². The van der Waals surface area contributed by atoms with Crippen LogP contribution in [0, 0.1) is 12.7 Å². The maximum Gasteiger partial charge on any atom is 0.270 e. The number of rotatable bonds is 6. The van der Waals surface area contributed by atoms with Gasteiger partial charge in [-0.05, 0) is 31.2 Å². The maximum absolute atomic E-state index is 13.6. The fourth-order valence-electron chi connectivity index (χ4n) is 2.34. The minimum Gasteiger partial charge on any atom is -0.349 e. The van der Waals surface area contributed by atoms with E-state index in [2.05, 4.69) is 25.6 Å². The fourth-order valence-corrected chi connectivity index (χ4v) is 2.34. The van der Waals surface area contributed by atoms with E-state index < -0.39 is 0 Å².